The highest BCUT2D eigenvalue weighted by atomic mass is 16.4. The Hall–Kier alpha value is -12.9. The van der Waals surface area contributed by atoms with Crippen molar-refractivity contribution in [2.45, 2.75) is 224 Å². The fourth-order valence-electron chi connectivity index (χ4n) is 13.3. The summed E-state index contributed by atoms with van der Waals surface area (Å²) in [6.07, 6.45) is -7.43. The third-order valence-corrected chi connectivity index (χ3v) is 19.9. The van der Waals surface area contributed by atoms with Crippen molar-refractivity contribution in [1.29, 1.82) is 0 Å². The number of aliphatic carboxylic acids is 3. The van der Waals surface area contributed by atoms with Crippen molar-refractivity contribution in [2.24, 2.45) is 23.5 Å². The van der Waals surface area contributed by atoms with E-state index in [1.54, 1.807) is 127 Å². The molecule has 0 aliphatic rings. The monoisotopic (exact) mass is 1720 g/mol. The van der Waals surface area contributed by atoms with Crippen LogP contribution in [0.25, 0.3) is 21.8 Å². The third kappa shape index (κ3) is 30.9. The number of fused-ring (bicyclic) bond motifs is 2. The number of aromatic nitrogens is 2. The van der Waals surface area contributed by atoms with Crippen molar-refractivity contribution in [1.82, 2.24) is 79.1 Å². The van der Waals surface area contributed by atoms with Crippen molar-refractivity contribution in [3.63, 3.8) is 0 Å². The Kier molecular flexibility index (Phi) is 38.1. The lowest BCUT2D eigenvalue weighted by atomic mass is 9.99. The van der Waals surface area contributed by atoms with Crippen molar-refractivity contribution in [3.8, 4) is 5.75 Å². The van der Waals surface area contributed by atoms with Crippen LogP contribution in [-0.4, -0.2) is 249 Å². The van der Waals surface area contributed by atoms with E-state index < -0.39 is 261 Å². The predicted octanol–water partition coefficient (Wildman–Crippen LogP) is -2.46. The number of aromatic amines is 2. The first-order chi connectivity index (χ1) is 58.0. The highest BCUT2D eigenvalue weighted by Gasteiger charge is 2.41. The number of hydrogen-bond donors (Lipinski definition) is 24. The van der Waals surface area contributed by atoms with Crippen LogP contribution in [-0.2, 0) is 102 Å². The quantitative estimate of drug-likeness (QED) is 0.0176. The van der Waals surface area contributed by atoms with E-state index in [-0.39, 0.29) is 30.6 Å². The van der Waals surface area contributed by atoms with Gasteiger partial charge >= 0.3 is 17.9 Å². The van der Waals surface area contributed by atoms with Crippen molar-refractivity contribution in [2.75, 3.05) is 6.61 Å². The number of carbonyl (C=O) groups excluding carboxylic acids is 13. The molecule has 2 aromatic heterocycles. The van der Waals surface area contributed by atoms with E-state index in [0.29, 0.717) is 38.5 Å². The van der Waals surface area contributed by atoms with E-state index >= 15 is 0 Å². The molecule has 668 valence electrons. The summed E-state index contributed by atoms with van der Waals surface area (Å²) in [4.78, 5) is 229. The van der Waals surface area contributed by atoms with Crippen LogP contribution in [0.4, 0.5) is 0 Å². The number of phenolic OH excluding ortho intramolecular Hbond substituents is 1. The fraction of sp³-hybridized carbons (Fsp3) is 0.470. The van der Waals surface area contributed by atoms with E-state index in [2.05, 4.69) is 79.1 Å². The van der Waals surface area contributed by atoms with E-state index in [4.69, 9.17) is 5.73 Å². The van der Waals surface area contributed by atoms with Gasteiger partial charge in [0.05, 0.1) is 25.2 Å². The van der Waals surface area contributed by atoms with E-state index in [9.17, 15) is 118 Å². The number of hydrogen-bond acceptors (Lipinski definition) is 22. The van der Waals surface area contributed by atoms with Gasteiger partial charge in [-0.1, -0.05) is 120 Å². The minimum absolute atomic E-state index is 0.233. The summed E-state index contributed by atoms with van der Waals surface area (Å²) in [7, 11) is 0. The Balaban J connectivity index is 1.27. The van der Waals surface area contributed by atoms with E-state index in [0.717, 1.165) is 6.92 Å². The van der Waals surface area contributed by atoms with E-state index in [1.165, 1.54) is 44.3 Å². The number of aliphatic hydroxyl groups is 4. The van der Waals surface area contributed by atoms with Gasteiger partial charge in [0.15, 0.2) is 0 Å². The van der Waals surface area contributed by atoms with Crippen molar-refractivity contribution >= 4 is 117 Å². The first-order valence-corrected chi connectivity index (χ1v) is 40.0. The zero-order valence-electron chi connectivity index (χ0n) is 69.4. The summed E-state index contributed by atoms with van der Waals surface area (Å²) in [5.41, 5.74) is 8.37. The van der Waals surface area contributed by atoms with Crippen LogP contribution < -0.4 is 74.9 Å². The zero-order chi connectivity index (χ0) is 91.2. The first-order valence-electron chi connectivity index (χ1n) is 40.0. The zero-order valence-corrected chi connectivity index (χ0v) is 69.4. The van der Waals surface area contributed by atoms with Gasteiger partial charge in [0.1, 0.15) is 90.5 Å². The number of nitrogens with two attached hydrogens (primary N) is 1. The number of rotatable bonds is 50. The largest absolute Gasteiger partial charge is 0.508 e. The van der Waals surface area contributed by atoms with Crippen LogP contribution in [0.15, 0.2) is 116 Å². The molecule has 0 bridgehead atoms. The second-order valence-electron chi connectivity index (χ2n) is 31.2. The summed E-state index contributed by atoms with van der Waals surface area (Å²) in [6.45, 7) is 12.1. The lowest BCUT2D eigenvalue weighted by Gasteiger charge is -2.30. The smallest absolute Gasteiger partial charge is 0.305 e. The Bertz CT molecular complexity index is 4690. The number of nitrogens with one attached hydrogen (secondary N) is 15. The van der Waals surface area contributed by atoms with Crippen LogP contribution in [0.2, 0.25) is 0 Å². The minimum atomic E-state index is -2.04. The Morgan fingerprint density at radius 2 is 0.699 bits per heavy atom. The third-order valence-electron chi connectivity index (χ3n) is 19.9. The SMILES string of the molecule is CC(C)C[C@H](NC(=O)[C@H](Cc1ccc(O)cc1)NC(=O)[C@H](CCC(=O)O)NC(=O)[C@H](CCC(=O)O)NC(=O)[C@H](Cc1c[nH]c2ccccc12)NC(=O)[C@H](CO)NC(=O)[C@@H](NC(=O)[C@H](Cc1ccccc1)NC(=O)[C@@H](NC(=O)[C@@H](N[C@@H](C)O)[C@@H](C)O)C(C)C)[C@@H](C)O)C(=O)N[C@@H](CC(=O)O)C(=O)N[C@@H](Cc1c[nH]c2ccccc12)C(=O)N[C@H](C(N)=O)C(C)C. The molecule has 40 heteroatoms. The number of carbonyl (C=O) groups is 16. The molecule has 16 atom stereocenters. The second-order valence-corrected chi connectivity index (χ2v) is 31.2. The van der Waals surface area contributed by atoms with Gasteiger partial charge in [-0.2, -0.15) is 0 Å². The maximum absolute atomic E-state index is 15.0. The molecule has 6 aromatic rings. The average Bonchev–Trinajstić information content (AvgIpc) is 1.67. The fourth-order valence-corrected chi connectivity index (χ4v) is 13.3. The predicted molar refractivity (Wildman–Crippen MR) is 443 cm³/mol. The molecule has 0 fully saturated rings. The van der Waals surface area contributed by atoms with Gasteiger partial charge in [0, 0.05) is 72.7 Å². The number of carboxylic acids is 3. The lowest BCUT2D eigenvalue weighted by Crippen LogP contribution is -2.63. The number of phenols is 1. The Labute approximate surface area is 707 Å². The number of benzene rings is 4. The molecule has 0 aliphatic heterocycles. The van der Waals surface area contributed by atoms with Gasteiger partial charge in [-0.3, -0.25) is 82.0 Å². The maximum Gasteiger partial charge on any atom is 0.305 e. The summed E-state index contributed by atoms with van der Waals surface area (Å²) in [6, 6.07) is 4.53. The van der Waals surface area contributed by atoms with Gasteiger partial charge in [-0.05, 0) is 104 Å². The van der Waals surface area contributed by atoms with Crippen LogP contribution in [0.1, 0.15) is 123 Å². The molecule has 0 saturated heterocycles. The molecule has 6 rings (SSSR count). The summed E-state index contributed by atoms with van der Waals surface area (Å²) >= 11 is 0. The molecule has 25 N–H and O–H groups in total. The molecule has 0 spiro atoms. The molecule has 123 heavy (non-hydrogen) atoms. The van der Waals surface area contributed by atoms with Gasteiger partial charge in [0.25, 0.3) is 0 Å². The van der Waals surface area contributed by atoms with Gasteiger partial charge in [-0.25, -0.2) is 0 Å². The van der Waals surface area contributed by atoms with Crippen LogP contribution in [0.3, 0.4) is 0 Å². The second kappa shape index (κ2) is 47.3. The van der Waals surface area contributed by atoms with Crippen molar-refractivity contribution < 1.29 is 118 Å². The molecular weight excluding hydrogens is 1610 g/mol. The van der Waals surface area contributed by atoms with Gasteiger partial charge in [0.2, 0.25) is 76.8 Å². The number of para-hydroxylation sites is 2. The highest BCUT2D eigenvalue weighted by molar-refractivity contribution is 6.01. The molecule has 0 aliphatic carbocycles. The molecule has 0 unspecified atom stereocenters. The number of amides is 13. The lowest BCUT2D eigenvalue weighted by molar-refractivity contribution is -0.142. The number of aliphatic hydroxyl groups excluding tert-OH is 4. The molecule has 2 heterocycles. The molecule has 40 nitrogen and oxygen atoms in total. The molecule has 4 aromatic carbocycles. The van der Waals surface area contributed by atoms with Crippen molar-refractivity contribution in [3.05, 3.63) is 138 Å². The van der Waals surface area contributed by atoms with E-state index in [1.807, 2.05) is 0 Å². The molecule has 0 saturated carbocycles. The molecule has 13 amide bonds. The highest BCUT2D eigenvalue weighted by Crippen LogP contribution is 2.23. The normalized spacial score (nSPS) is 15.3. The minimum Gasteiger partial charge on any atom is -0.508 e. The maximum atomic E-state index is 15.0. The van der Waals surface area contributed by atoms with Gasteiger partial charge < -0.3 is 120 Å². The van der Waals surface area contributed by atoms with Crippen LogP contribution in [0.5, 0.6) is 5.75 Å². The summed E-state index contributed by atoms with van der Waals surface area (Å²) in [5.74, 6) is -21.2. The van der Waals surface area contributed by atoms with Gasteiger partial charge in [-0.15, -0.1) is 0 Å². The summed E-state index contributed by atoms with van der Waals surface area (Å²) < 4.78 is 0. The Morgan fingerprint density at radius 3 is 1.12 bits per heavy atom. The summed E-state index contributed by atoms with van der Waals surface area (Å²) in [5, 5.41) is 115. The topological polar surface area (TPSA) is 649 Å². The standard InChI is InChI=1S/C83H112N16O24/c1-40(2)31-57(74(114)94-62(36-66(109)110)77(117)92-61(79(119)97-67(41(3)4)71(84)111)35-49-38-86-54-22-16-14-20-52(49)54)90-75(115)58(33-47-23-25-50(104)26-24-47)91-73(113)56(28-30-65(107)108)88-72(112)55(27-29-64(105)106)89-76(116)60(34-48-37-85-53-21-15-13-19-51(48)53)93-80(120)63(39-100)96-82(122)70(44(8)102)99-78(118)59(32-46-17-11-10-12-18-46)95-81(121)68(42(5)6)98-83(123)69(43(7)101)87-45(9)103/h10-26,37-38,40-45,55-63,67-70,85-87,100-104H,27-36,39H2,1-9H3,(H2,84,111)(H,88,112)(H,89,116)(H,90,115)(H,91,113)(H,92,117)(H,93,120)(H,94,114)(H,95,121)(H,96,122)(H,97,119)(H,98,123)(H,99,118)(H,105,106)(H,107,108)(H,109,110)/t43-,44-,45-,55+,56+,57+,58+,59+,60+,61+,62+,63+,67+,68+,69+,70+/m1/s1. The molecular formula is C83H112N16O24. The van der Waals surface area contributed by atoms with Crippen LogP contribution in [0, 0.1) is 17.8 Å². The van der Waals surface area contributed by atoms with Crippen LogP contribution >= 0.6 is 0 Å². The number of aromatic hydroxyl groups is 1. The Morgan fingerprint density at radius 1 is 0.358 bits per heavy atom. The number of carboxylic acid groups (broad SMARTS) is 3. The number of primary amides is 1. The number of H-pyrrole nitrogens is 2. The first kappa shape index (κ1) is 98.9. The molecule has 0 radical (unpaired) electrons. The average molecular weight is 1720 g/mol.